The van der Waals surface area contributed by atoms with Gasteiger partial charge in [-0.25, -0.2) is 4.98 Å². The number of hydrogen-bond acceptors (Lipinski definition) is 8. The Labute approximate surface area is 204 Å². The molecule has 0 bridgehead atoms. The molecule has 1 heterocycles. The summed E-state index contributed by atoms with van der Waals surface area (Å²) >= 11 is 6.33. The van der Waals surface area contributed by atoms with Crippen molar-refractivity contribution >= 4 is 40.6 Å². The molecular formula is C24H29ClN6O3. The predicted octanol–water partition coefficient (Wildman–Crippen LogP) is 3.49. The number of rotatable bonds is 10. The van der Waals surface area contributed by atoms with Crippen LogP contribution in [-0.2, 0) is 9.63 Å². The van der Waals surface area contributed by atoms with E-state index in [0.717, 1.165) is 25.7 Å². The number of hydrogen-bond donors (Lipinski definition) is 5. The van der Waals surface area contributed by atoms with Crippen LogP contribution in [-0.4, -0.2) is 46.8 Å². The van der Waals surface area contributed by atoms with Gasteiger partial charge in [0, 0.05) is 12.0 Å². The summed E-state index contributed by atoms with van der Waals surface area (Å²) in [6.45, 7) is 4.11. The van der Waals surface area contributed by atoms with Crippen molar-refractivity contribution in [2.45, 2.75) is 31.7 Å². The van der Waals surface area contributed by atoms with E-state index in [1.165, 1.54) is 6.08 Å². The van der Waals surface area contributed by atoms with Gasteiger partial charge in [-0.05, 0) is 37.5 Å². The van der Waals surface area contributed by atoms with Crippen LogP contribution in [0.2, 0.25) is 5.02 Å². The summed E-state index contributed by atoms with van der Waals surface area (Å²) in [6.07, 6.45) is 6.74. The van der Waals surface area contributed by atoms with Crippen LogP contribution in [0.5, 0.6) is 0 Å². The average Bonchev–Trinajstić information content (AvgIpc) is 2.85. The van der Waals surface area contributed by atoms with Crippen molar-refractivity contribution in [2.75, 3.05) is 35.7 Å². The number of nitrogens with zero attached hydrogens (tertiary/aromatic N) is 2. The molecule has 5 N–H and O–H groups in total. The molecule has 0 spiro atoms. The SMILES string of the molecule is C=CC(=O)Nc1ccccc1Nc1nc(NC2CCCC(C#CCNOCCO)C2)ncc1Cl. The summed E-state index contributed by atoms with van der Waals surface area (Å²) in [6, 6.07) is 7.45. The highest BCUT2D eigenvalue weighted by Crippen LogP contribution is 2.30. The molecule has 34 heavy (non-hydrogen) atoms. The second-order valence-corrected chi connectivity index (χ2v) is 8.08. The summed E-state index contributed by atoms with van der Waals surface area (Å²) in [5, 5.41) is 18.4. The summed E-state index contributed by atoms with van der Waals surface area (Å²) in [7, 11) is 0. The van der Waals surface area contributed by atoms with E-state index in [9.17, 15) is 4.79 Å². The van der Waals surface area contributed by atoms with E-state index in [2.05, 4.69) is 49.8 Å². The molecule has 1 aliphatic carbocycles. The molecule has 1 fully saturated rings. The van der Waals surface area contributed by atoms with Gasteiger partial charge in [0.05, 0.1) is 37.3 Å². The number of nitrogens with one attached hydrogen (secondary N) is 4. The summed E-state index contributed by atoms with van der Waals surface area (Å²) in [5.41, 5.74) is 3.94. The van der Waals surface area contributed by atoms with Gasteiger partial charge in [0.15, 0.2) is 5.82 Å². The van der Waals surface area contributed by atoms with Gasteiger partial charge in [-0.15, -0.1) is 0 Å². The lowest BCUT2D eigenvalue weighted by Crippen LogP contribution is -2.28. The molecule has 10 heteroatoms. The Morgan fingerprint density at radius 1 is 1.32 bits per heavy atom. The van der Waals surface area contributed by atoms with Crippen LogP contribution >= 0.6 is 11.6 Å². The Hall–Kier alpha value is -3.16. The molecule has 180 valence electrons. The van der Waals surface area contributed by atoms with E-state index >= 15 is 0 Å². The lowest BCUT2D eigenvalue weighted by Gasteiger charge is -2.27. The standard InChI is InChI=1S/C24H29ClN6O3/c1-2-22(33)29-20-10-3-4-11-21(20)30-23-19(25)16-26-24(31-23)28-18-9-5-7-17(15-18)8-6-12-27-34-14-13-32/h2-4,10-11,16-18,27,32H,1,5,7,9,12-15H2,(H,29,33)(H2,26,28,30,31). The zero-order valence-electron chi connectivity index (χ0n) is 18.8. The molecule has 0 radical (unpaired) electrons. The third-order valence-corrected chi connectivity index (χ3v) is 5.41. The number of aliphatic hydroxyl groups excluding tert-OH is 1. The van der Waals surface area contributed by atoms with Crippen LogP contribution in [0, 0.1) is 17.8 Å². The van der Waals surface area contributed by atoms with Gasteiger partial charge in [0.2, 0.25) is 11.9 Å². The zero-order valence-corrected chi connectivity index (χ0v) is 19.6. The highest BCUT2D eigenvalue weighted by Gasteiger charge is 2.21. The van der Waals surface area contributed by atoms with Crippen molar-refractivity contribution in [3.05, 3.63) is 48.1 Å². The van der Waals surface area contributed by atoms with Gasteiger partial charge in [-0.1, -0.05) is 48.6 Å². The van der Waals surface area contributed by atoms with Crippen LogP contribution in [0.3, 0.4) is 0 Å². The van der Waals surface area contributed by atoms with Gasteiger partial charge >= 0.3 is 0 Å². The first-order chi connectivity index (χ1) is 16.6. The molecule has 1 aromatic heterocycles. The minimum atomic E-state index is -0.311. The lowest BCUT2D eigenvalue weighted by molar-refractivity contribution is -0.111. The first kappa shape index (κ1) is 25.5. The number of aliphatic hydroxyl groups is 1. The molecule has 1 aromatic carbocycles. The molecule has 2 unspecified atom stereocenters. The predicted molar refractivity (Wildman–Crippen MR) is 134 cm³/mol. The molecule has 1 aliphatic rings. The highest BCUT2D eigenvalue weighted by molar-refractivity contribution is 6.33. The van der Waals surface area contributed by atoms with E-state index in [4.69, 9.17) is 21.5 Å². The van der Waals surface area contributed by atoms with Gasteiger partial charge in [0.25, 0.3) is 0 Å². The number of hydroxylamine groups is 1. The van der Waals surface area contributed by atoms with E-state index in [0.29, 0.717) is 34.7 Å². The second-order valence-electron chi connectivity index (χ2n) is 7.67. The van der Waals surface area contributed by atoms with Crippen LogP contribution in [0.1, 0.15) is 25.7 Å². The summed E-state index contributed by atoms with van der Waals surface area (Å²) in [4.78, 5) is 25.6. The Morgan fingerprint density at radius 3 is 2.94 bits per heavy atom. The monoisotopic (exact) mass is 484 g/mol. The van der Waals surface area contributed by atoms with E-state index in [1.807, 2.05) is 18.2 Å². The Morgan fingerprint density at radius 2 is 2.15 bits per heavy atom. The maximum atomic E-state index is 11.7. The number of carbonyl (C=O) groups is 1. The van der Waals surface area contributed by atoms with E-state index in [1.54, 1.807) is 12.3 Å². The minimum absolute atomic E-state index is 0.0290. The fourth-order valence-electron chi connectivity index (χ4n) is 3.57. The quantitative estimate of drug-likeness (QED) is 0.150. The fraction of sp³-hybridized carbons (Fsp3) is 0.375. The van der Waals surface area contributed by atoms with Gasteiger partial charge < -0.3 is 21.1 Å². The molecule has 1 amide bonds. The van der Waals surface area contributed by atoms with Crippen LogP contribution in [0.25, 0.3) is 0 Å². The van der Waals surface area contributed by atoms with Crippen molar-refractivity contribution in [3.8, 4) is 11.8 Å². The first-order valence-electron chi connectivity index (χ1n) is 11.1. The lowest BCUT2D eigenvalue weighted by atomic mass is 9.86. The third kappa shape index (κ3) is 8.01. The highest BCUT2D eigenvalue weighted by atomic mass is 35.5. The van der Waals surface area contributed by atoms with Crippen molar-refractivity contribution in [3.63, 3.8) is 0 Å². The van der Waals surface area contributed by atoms with Gasteiger partial charge in [-0.2, -0.15) is 10.5 Å². The van der Waals surface area contributed by atoms with Crippen molar-refractivity contribution in [1.82, 2.24) is 15.4 Å². The second kappa shape index (κ2) is 13.5. The Bertz CT molecular complexity index is 1040. The van der Waals surface area contributed by atoms with Crippen molar-refractivity contribution in [1.29, 1.82) is 0 Å². The third-order valence-electron chi connectivity index (χ3n) is 5.14. The average molecular weight is 485 g/mol. The molecule has 1 saturated carbocycles. The topological polar surface area (TPSA) is 120 Å². The number of halogens is 1. The van der Waals surface area contributed by atoms with Crippen LogP contribution in [0.4, 0.5) is 23.1 Å². The first-order valence-corrected chi connectivity index (χ1v) is 11.5. The molecular weight excluding hydrogens is 456 g/mol. The van der Waals surface area contributed by atoms with E-state index in [-0.39, 0.29) is 31.1 Å². The van der Waals surface area contributed by atoms with Crippen molar-refractivity contribution < 1.29 is 14.7 Å². The smallest absolute Gasteiger partial charge is 0.247 e. The zero-order chi connectivity index (χ0) is 24.2. The maximum Gasteiger partial charge on any atom is 0.247 e. The minimum Gasteiger partial charge on any atom is -0.394 e. The molecule has 0 aliphatic heterocycles. The number of carbonyl (C=O) groups excluding carboxylic acids is 1. The number of benzene rings is 1. The maximum absolute atomic E-state index is 11.7. The van der Waals surface area contributed by atoms with Crippen LogP contribution in [0.15, 0.2) is 43.1 Å². The number of anilines is 4. The summed E-state index contributed by atoms with van der Waals surface area (Å²) < 4.78 is 0. The van der Waals surface area contributed by atoms with Gasteiger partial charge in [-0.3, -0.25) is 9.63 Å². The Kier molecular flexibility index (Phi) is 10.1. The van der Waals surface area contributed by atoms with Crippen molar-refractivity contribution in [2.24, 2.45) is 5.92 Å². The fourth-order valence-corrected chi connectivity index (χ4v) is 3.71. The molecule has 2 atom stereocenters. The number of amides is 1. The molecule has 9 nitrogen and oxygen atoms in total. The molecule has 0 saturated heterocycles. The number of aromatic nitrogens is 2. The Balaban J connectivity index is 1.62. The largest absolute Gasteiger partial charge is 0.394 e. The molecule has 2 aromatic rings. The van der Waals surface area contributed by atoms with Gasteiger partial charge in [0.1, 0.15) is 5.02 Å². The molecule has 3 rings (SSSR count). The summed E-state index contributed by atoms with van der Waals surface area (Å²) in [5.74, 6) is 7.22. The van der Waals surface area contributed by atoms with Crippen LogP contribution < -0.4 is 21.4 Å². The normalized spacial score (nSPS) is 17.2. The van der Waals surface area contributed by atoms with E-state index < -0.39 is 0 Å². The number of para-hydroxylation sites is 2.